The lowest BCUT2D eigenvalue weighted by Gasteiger charge is -2.22. The lowest BCUT2D eigenvalue weighted by molar-refractivity contribution is 0.0951. The van der Waals surface area contributed by atoms with E-state index in [-0.39, 0.29) is 5.91 Å². The van der Waals surface area contributed by atoms with Crippen LogP contribution < -0.4 is 15.4 Å². The fraction of sp³-hybridized carbons (Fsp3) is 0.417. The van der Waals surface area contributed by atoms with Gasteiger partial charge in [-0.25, -0.2) is 4.99 Å². The summed E-state index contributed by atoms with van der Waals surface area (Å²) in [6.45, 7) is 5.48. The van der Waals surface area contributed by atoms with E-state index in [9.17, 15) is 4.79 Å². The van der Waals surface area contributed by atoms with Gasteiger partial charge < -0.3 is 25.2 Å². The zero-order valence-corrected chi connectivity index (χ0v) is 19.3. The van der Waals surface area contributed by atoms with Gasteiger partial charge in [0.05, 0.1) is 13.7 Å². The minimum Gasteiger partial charge on any atom is -0.497 e. The number of carbonyl (C=O) groups is 1. The van der Waals surface area contributed by atoms with Crippen LogP contribution in [-0.2, 0) is 13.1 Å². The molecule has 0 bridgehead atoms. The van der Waals surface area contributed by atoms with Crippen LogP contribution in [-0.4, -0.2) is 69.6 Å². The maximum Gasteiger partial charge on any atom is 0.251 e. The molecule has 2 aromatic carbocycles. The maximum absolute atomic E-state index is 12.4. The number of aliphatic imine (C=N–C) groups is 1. The molecule has 0 unspecified atom stereocenters. The van der Waals surface area contributed by atoms with Crippen LogP contribution >= 0.6 is 0 Å². The SMILES string of the molecule is CCNC(=NCc1cccc(C(=O)NCCN(C)C)c1)N(C)Cc1ccc(OC)cc1. The van der Waals surface area contributed by atoms with Crippen LogP contribution in [0.5, 0.6) is 5.75 Å². The quantitative estimate of drug-likeness (QED) is 0.452. The predicted octanol–water partition coefficient (Wildman–Crippen LogP) is 2.58. The highest BCUT2D eigenvalue weighted by atomic mass is 16.5. The van der Waals surface area contributed by atoms with Gasteiger partial charge in [0.15, 0.2) is 5.96 Å². The van der Waals surface area contributed by atoms with Gasteiger partial charge in [-0.15, -0.1) is 0 Å². The summed E-state index contributed by atoms with van der Waals surface area (Å²) in [5.41, 5.74) is 2.82. The fourth-order valence-electron chi connectivity index (χ4n) is 3.02. The van der Waals surface area contributed by atoms with Crippen molar-refractivity contribution in [3.8, 4) is 5.75 Å². The molecule has 0 spiro atoms. The number of amides is 1. The van der Waals surface area contributed by atoms with Crippen molar-refractivity contribution in [2.24, 2.45) is 4.99 Å². The third kappa shape index (κ3) is 8.30. The van der Waals surface area contributed by atoms with Gasteiger partial charge in [0.2, 0.25) is 0 Å². The summed E-state index contributed by atoms with van der Waals surface area (Å²) in [7, 11) is 7.65. The number of nitrogens with zero attached hydrogens (tertiary/aromatic N) is 3. The van der Waals surface area contributed by atoms with E-state index in [1.165, 1.54) is 5.56 Å². The van der Waals surface area contributed by atoms with E-state index in [2.05, 4.69) is 34.6 Å². The number of ether oxygens (including phenoxy) is 1. The van der Waals surface area contributed by atoms with Crippen LogP contribution in [0.3, 0.4) is 0 Å². The standard InChI is InChI=1S/C24H35N5O2/c1-6-25-24(29(4)18-19-10-12-22(31-5)13-11-19)27-17-20-8-7-9-21(16-20)23(30)26-14-15-28(2)3/h7-13,16H,6,14-15,17-18H2,1-5H3,(H,25,27)(H,26,30). The summed E-state index contributed by atoms with van der Waals surface area (Å²) in [6, 6.07) is 15.7. The topological polar surface area (TPSA) is 69.2 Å². The minimum absolute atomic E-state index is 0.0591. The van der Waals surface area contributed by atoms with E-state index >= 15 is 0 Å². The summed E-state index contributed by atoms with van der Waals surface area (Å²) in [5, 5.41) is 6.29. The van der Waals surface area contributed by atoms with Gasteiger partial charge in [0.25, 0.3) is 5.91 Å². The normalized spacial score (nSPS) is 11.4. The lowest BCUT2D eigenvalue weighted by atomic mass is 10.1. The van der Waals surface area contributed by atoms with E-state index in [0.29, 0.717) is 18.7 Å². The second kappa shape index (κ2) is 12.6. The Balaban J connectivity index is 2.02. The number of likely N-dealkylation sites (N-methyl/N-ethyl adjacent to an activating group) is 1. The molecule has 0 aliphatic carbocycles. The monoisotopic (exact) mass is 425 g/mol. The van der Waals surface area contributed by atoms with Gasteiger partial charge in [-0.05, 0) is 56.4 Å². The van der Waals surface area contributed by atoms with Crippen molar-refractivity contribution >= 4 is 11.9 Å². The zero-order valence-electron chi connectivity index (χ0n) is 19.3. The second-order valence-electron chi connectivity index (χ2n) is 7.63. The zero-order chi connectivity index (χ0) is 22.6. The third-order valence-corrected chi connectivity index (χ3v) is 4.72. The summed E-state index contributed by atoms with van der Waals surface area (Å²) < 4.78 is 5.23. The van der Waals surface area contributed by atoms with Crippen molar-refractivity contribution in [3.05, 3.63) is 65.2 Å². The van der Waals surface area contributed by atoms with Gasteiger partial charge >= 0.3 is 0 Å². The van der Waals surface area contributed by atoms with Crippen LogP contribution in [0.2, 0.25) is 0 Å². The van der Waals surface area contributed by atoms with Crippen LogP contribution in [0, 0.1) is 0 Å². The van der Waals surface area contributed by atoms with Gasteiger partial charge in [-0.3, -0.25) is 4.79 Å². The molecule has 2 N–H and O–H groups in total. The molecule has 0 aliphatic heterocycles. The first-order chi connectivity index (χ1) is 14.9. The number of methoxy groups -OCH3 is 1. The summed E-state index contributed by atoms with van der Waals surface area (Å²) in [5.74, 6) is 1.60. The Bertz CT molecular complexity index is 849. The molecule has 0 heterocycles. The summed E-state index contributed by atoms with van der Waals surface area (Å²) in [6.07, 6.45) is 0. The molecule has 1 amide bonds. The molecule has 7 heteroatoms. The molecular weight excluding hydrogens is 390 g/mol. The number of nitrogens with one attached hydrogen (secondary N) is 2. The van der Waals surface area contributed by atoms with Crippen LogP contribution in [0.1, 0.15) is 28.4 Å². The van der Waals surface area contributed by atoms with Crippen molar-refractivity contribution < 1.29 is 9.53 Å². The van der Waals surface area contributed by atoms with Crippen molar-refractivity contribution in [3.63, 3.8) is 0 Å². The molecule has 7 nitrogen and oxygen atoms in total. The Morgan fingerprint density at radius 3 is 2.42 bits per heavy atom. The fourth-order valence-corrected chi connectivity index (χ4v) is 3.02. The number of carbonyl (C=O) groups excluding carboxylic acids is 1. The third-order valence-electron chi connectivity index (χ3n) is 4.72. The molecule has 168 valence electrons. The first-order valence-electron chi connectivity index (χ1n) is 10.6. The molecule has 0 radical (unpaired) electrons. The molecular formula is C24H35N5O2. The summed E-state index contributed by atoms with van der Waals surface area (Å²) >= 11 is 0. The number of hydrogen-bond acceptors (Lipinski definition) is 4. The van der Waals surface area contributed by atoms with Gasteiger partial charge in [-0.2, -0.15) is 0 Å². The second-order valence-corrected chi connectivity index (χ2v) is 7.63. The van der Waals surface area contributed by atoms with Gasteiger partial charge in [0.1, 0.15) is 5.75 Å². The van der Waals surface area contributed by atoms with Crippen molar-refractivity contribution in [2.45, 2.75) is 20.0 Å². The van der Waals surface area contributed by atoms with E-state index < -0.39 is 0 Å². The van der Waals surface area contributed by atoms with E-state index in [4.69, 9.17) is 9.73 Å². The Hall–Kier alpha value is -3.06. The molecule has 2 aromatic rings. The highest BCUT2D eigenvalue weighted by Crippen LogP contribution is 2.13. The highest BCUT2D eigenvalue weighted by molar-refractivity contribution is 5.94. The number of rotatable bonds is 10. The maximum atomic E-state index is 12.4. The number of hydrogen-bond donors (Lipinski definition) is 2. The minimum atomic E-state index is -0.0591. The van der Waals surface area contributed by atoms with Crippen LogP contribution in [0.25, 0.3) is 0 Å². The first-order valence-corrected chi connectivity index (χ1v) is 10.6. The van der Waals surface area contributed by atoms with E-state index in [0.717, 1.165) is 36.9 Å². The molecule has 0 saturated carbocycles. The highest BCUT2D eigenvalue weighted by Gasteiger charge is 2.09. The molecule has 0 aromatic heterocycles. The number of benzene rings is 2. The average Bonchev–Trinajstić information content (AvgIpc) is 2.77. The average molecular weight is 426 g/mol. The van der Waals surface area contributed by atoms with Crippen LogP contribution in [0.4, 0.5) is 0 Å². The molecule has 2 rings (SSSR count). The molecule has 0 atom stereocenters. The van der Waals surface area contributed by atoms with E-state index in [1.54, 1.807) is 7.11 Å². The molecule has 0 saturated heterocycles. The van der Waals surface area contributed by atoms with Crippen molar-refractivity contribution in [1.29, 1.82) is 0 Å². The van der Waals surface area contributed by atoms with Gasteiger partial charge in [-0.1, -0.05) is 24.3 Å². The Morgan fingerprint density at radius 2 is 1.77 bits per heavy atom. The Kier molecular flexibility index (Phi) is 9.84. The smallest absolute Gasteiger partial charge is 0.251 e. The molecule has 0 fully saturated rings. The van der Waals surface area contributed by atoms with Gasteiger partial charge in [0, 0.05) is 38.8 Å². The largest absolute Gasteiger partial charge is 0.497 e. The lowest BCUT2D eigenvalue weighted by Crippen LogP contribution is -2.38. The first kappa shape index (κ1) is 24.2. The summed E-state index contributed by atoms with van der Waals surface area (Å²) in [4.78, 5) is 21.3. The Morgan fingerprint density at radius 1 is 1.03 bits per heavy atom. The molecule has 31 heavy (non-hydrogen) atoms. The van der Waals surface area contributed by atoms with Crippen molar-refractivity contribution in [2.75, 3.05) is 47.9 Å². The Labute approximate surface area is 186 Å². The number of guanidine groups is 1. The van der Waals surface area contributed by atoms with Crippen molar-refractivity contribution in [1.82, 2.24) is 20.4 Å². The molecule has 0 aliphatic rings. The van der Waals surface area contributed by atoms with Crippen LogP contribution in [0.15, 0.2) is 53.5 Å². The van der Waals surface area contributed by atoms with E-state index in [1.807, 2.05) is 62.4 Å². The predicted molar refractivity (Wildman–Crippen MR) is 127 cm³/mol.